The SMILES string of the molecule is CC(C)(N)C1(c2cccnc2C(F)(F)F)CC1. The Labute approximate surface area is 98.0 Å². The molecule has 0 saturated heterocycles. The minimum atomic E-state index is -4.42. The molecule has 0 aromatic carbocycles. The first-order chi connectivity index (χ1) is 7.68. The molecule has 2 N–H and O–H groups in total. The Hall–Kier alpha value is -1.10. The van der Waals surface area contributed by atoms with Gasteiger partial charge in [0.05, 0.1) is 0 Å². The van der Waals surface area contributed by atoms with E-state index in [0.29, 0.717) is 12.8 Å². The summed E-state index contributed by atoms with van der Waals surface area (Å²) in [5.41, 5.74) is 4.22. The Morgan fingerprint density at radius 2 is 1.88 bits per heavy atom. The molecule has 2 rings (SSSR count). The lowest BCUT2D eigenvalue weighted by Gasteiger charge is -2.32. The van der Waals surface area contributed by atoms with Crippen LogP contribution in [0.25, 0.3) is 0 Å². The summed E-state index contributed by atoms with van der Waals surface area (Å²) in [5, 5.41) is 0. The number of rotatable bonds is 2. The topological polar surface area (TPSA) is 38.9 Å². The van der Waals surface area contributed by atoms with Gasteiger partial charge in [0.2, 0.25) is 0 Å². The van der Waals surface area contributed by atoms with Crippen molar-refractivity contribution in [1.29, 1.82) is 0 Å². The Bertz CT molecular complexity index is 428. The van der Waals surface area contributed by atoms with Gasteiger partial charge in [-0.3, -0.25) is 4.98 Å². The molecule has 0 radical (unpaired) electrons. The molecule has 0 atom stereocenters. The summed E-state index contributed by atoms with van der Waals surface area (Å²) in [5.74, 6) is 0. The number of nitrogens with zero attached hydrogens (tertiary/aromatic N) is 1. The molecule has 0 aliphatic heterocycles. The van der Waals surface area contributed by atoms with Crippen molar-refractivity contribution >= 4 is 0 Å². The maximum atomic E-state index is 12.9. The molecule has 17 heavy (non-hydrogen) atoms. The zero-order valence-corrected chi connectivity index (χ0v) is 9.80. The zero-order valence-electron chi connectivity index (χ0n) is 9.80. The number of nitrogens with two attached hydrogens (primary N) is 1. The molecule has 1 fully saturated rings. The molecule has 0 spiro atoms. The predicted molar refractivity (Wildman–Crippen MR) is 58.4 cm³/mol. The normalized spacial score (nSPS) is 19.2. The third-order valence-corrected chi connectivity index (χ3v) is 3.58. The first-order valence-electron chi connectivity index (χ1n) is 5.50. The van der Waals surface area contributed by atoms with Crippen molar-refractivity contribution in [3.05, 3.63) is 29.6 Å². The van der Waals surface area contributed by atoms with E-state index in [1.165, 1.54) is 18.3 Å². The number of halogens is 3. The van der Waals surface area contributed by atoms with Crippen LogP contribution in [0.2, 0.25) is 0 Å². The number of aromatic nitrogens is 1. The monoisotopic (exact) mass is 244 g/mol. The molecular formula is C12H15F3N2. The highest BCUT2D eigenvalue weighted by atomic mass is 19.4. The number of alkyl halides is 3. The summed E-state index contributed by atoms with van der Waals surface area (Å²) in [6.45, 7) is 3.54. The van der Waals surface area contributed by atoms with Crippen LogP contribution in [0.3, 0.4) is 0 Å². The molecule has 1 saturated carbocycles. The second-order valence-corrected chi connectivity index (χ2v) is 5.20. The summed E-state index contributed by atoms with van der Waals surface area (Å²) in [7, 11) is 0. The molecule has 1 aromatic heterocycles. The molecule has 5 heteroatoms. The van der Waals surface area contributed by atoms with Crippen molar-refractivity contribution in [3.63, 3.8) is 0 Å². The van der Waals surface area contributed by atoms with E-state index >= 15 is 0 Å². The van der Waals surface area contributed by atoms with E-state index in [2.05, 4.69) is 4.98 Å². The van der Waals surface area contributed by atoms with Crippen LogP contribution in [-0.4, -0.2) is 10.5 Å². The van der Waals surface area contributed by atoms with Gasteiger partial charge in [-0.05, 0) is 38.3 Å². The summed E-state index contributed by atoms with van der Waals surface area (Å²) in [6, 6.07) is 3.04. The molecule has 94 valence electrons. The van der Waals surface area contributed by atoms with Crippen LogP contribution in [0.15, 0.2) is 18.3 Å². The minimum absolute atomic E-state index is 0.236. The first-order valence-corrected chi connectivity index (χ1v) is 5.50. The van der Waals surface area contributed by atoms with Crippen molar-refractivity contribution < 1.29 is 13.2 Å². The average Bonchev–Trinajstić information content (AvgIpc) is 2.95. The quantitative estimate of drug-likeness (QED) is 0.868. The third kappa shape index (κ3) is 1.92. The van der Waals surface area contributed by atoms with Gasteiger partial charge in [-0.15, -0.1) is 0 Å². The van der Waals surface area contributed by atoms with Crippen molar-refractivity contribution in [1.82, 2.24) is 4.98 Å². The van der Waals surface area contributed by atoms with E-state index < -0.39 is 22.8 Å². The summed E-state index contributed by atoms with van der Waals surface area (Å²) in [6.07, 6.45) is -1.88. The first kappa shape index (κ1) is 12.4. The molecule has 1 aliphatic rings. The summed E-state index contributed by atoms with van der Waals surface area (Å²) >= 11 is 0. The highest BCUT2D eigenvalue weighted by Gasteiger charge is 2.57. The zero-order chi connectivity index (χ0) is 12.9. The second kappa shape index (κ2) is 3.45. The lowest BCUT2D eigenvalue weighted by atomic mass is 9.78. The van der Waals surface area contributed by atoms with Crippen LogP contribution >= 0.6 is 0 Å². The van der Waals surface area contributed by atoms with Crippen LogP contribution in [0.4, 0.5) is 13.2 Å². The Balaban J connectivity index is 2.55. The fraction of sp³-hybridized carbons (Fsp3) is 0.583. The van der Waals surface area contributed by atoms with Crippen LogP contribution < -0.4 is 5.73 Å². The number of hydrogen-bond donors (Lipinski definition) is 1. The lowest BCUT2D eigenvalue weighted by Crippen LogP contribution is -2.46. The van der Waals surface area contributed by atoms with Gasteiger partial charge in [-0.1, -0.05) is 6.07 Å². The van der Waals surface area contributed by atoms with E-state index in [9.17, 15) is 13.2 Å². The van der Waals surface area contributed by atoms with E-state index in [4.69, 9.17) is 5.73 Å². The third-order valence-electron chi connectivity index (χ3n) is 3.58. The Morgan fingerprint density at radius 1 is 1.29 bits per heavy atom. The van der Waals surface area contributed by atoms with Crippen molar-refractivity contribution in [2.24, 2.45) is 5.73 Å². The second-order valence-electron chi connectivity index (χ2n) is 5.20. The fourth-order valence-electron chi connectivity index (χ4n) is 2.40. The van der Waals surface area contributed by atoms with Gasteiger partial charge in [0, 0.05) is 17.2 Å². The van der Waals surface area contributed by atoms with Gasteiger partial charge in [0.15, 0.2) is 0 Å². The Kier molecular flexibility index (Phi) is 2.51. The molecule has 1 aliphatic carbocycles. The van der Waals surface area contributed by atoms with E-state index in [0.717, 1.165) is 0 Å². The predicted octanol–water partition coefficient (Wildman–Crippen LogP) is 2.87. The van der Waals surface area contributed by atoms with Crippen molar-refractivity contribution in [2.75, 3.05) is 0 Å². The highest BCUT2D eigenvalue weighted by molar-refractivity contribution is 5.40. The van der Waals surface area contributed by atoms with Crippen LogP contribution in [0.1, 0.15) is 37.9 Å². The van der Waals surface area contributed by atoms with Gasteiger partial charge >= 0.3 is 6.18 Å². The fourth-order valence-corrected chi connectivity index (χ4v) is 2.40. The number of hydrogen-bond acceptors (Lipinski definition) is 2. The summed E-state index contributed by atoms with van der Waals surface area (Å²) < 4.78 is 38.7. The lowest BCUT2D eigenvalue weighted by molar-refractivity contribution is -0.142. The van der Waals surface area contributed by atoms with Crippen LogP contribution in [0.5, 0.6) is 0 Å². The van der Waals surface area contributed by atoms with Gasteiger partial charge in [0.25, 0.3) is 0 Å². The number of pyridine rings is 1. The smallest absolute Gasteiger partial charge is 0.325 e. The van der Waals surface area contributed by atoms with E-state index in [1.54, 1.807) is 13.8 Å². The van der Waals surface area contributed by atoms with Crippen molar-refractivity contribution in [2.45, 2.75) is 43.8 Å². The molecule has 1 aromatic rings. The van der Waals surface area contributed by atoms with Gasteiger partial charge in [0.1, 0.15) is 5.69 Å². The molecule has 2 nitrogen and oxygen atoms in total. The van der Waals surface area contributed by atoms with Crippen LogP contribution in [-0.2, 0) is 11.6 Å². The van der Waals surface area contributed by atoms with Crippen LogP contribution in [0, 0.1) is 0 Å². The van der Waals surface area contributed by atoms with E-state index in [-0.39, 0.29) is 5.56 Å². The summed E-state index contributed by atoms with van der Waals surface area (Å²) in [4.78, 5) is 3.49. The van der Waals surface area contributed by atoms with Gasteiger partial charge in [-0.2, -0.15) is 13.2 Å². The molecule has 0 amide bonds. The van der Waals surface area contributed by atoms with Gasteiger partial charge < -0.3 is 5.73 Å². The Morgan fingerprint density at radius 3 is 2.29 bits per heavy atom. The average molecular weight is 244 g/mol. The van der Waals surface area contributed by atoms with E-state index in [1.807, 2.05) is 0 Å². The molecule has 0 unspecified atom stereocenters. The largest absolute Gasteiger partial charge is 0.433 e. The molecule has 0 bridgehead atoms. The maximum Gasteiger partial charge on any atom is 0.433 e. The maximum absolute atomic E-state index is 12.9. The minimum Gasteiger partial charge on any atom is -0.325 e. The standard InChI is InChI=1S/C12H15F3N2/c1-10(2,16)11(5-6-11)8-4-3-7-17-9(8)12(13,14)15/h3-4,7H,5-6,16H2,1-2H3. The molecular weight excluding hydrogens is 229 g/mol. The highest BCUT2D eigenvalue weighted by Crippen LogP contribution is 2.56. The van der Waals surface area contributed by atoms with Crippen molar-refractivity contribution in [3.8, 4) is 0 Å². The molecule has 1 heterocycles. The van der Waals surface area contributed by atoms with Gasteiger partial charge in [-0.25, -0.2) is 0 Å².